The van der Waals surface area contributed by atoms with Crippen molar-refractivity contribution < 1.29 is 19.2 Å². The van der Waals surface area contributed by atoms with Crippen molar-refractivity contribution in [1.82, 2.24) is 24.5 Å². The zero-order valence-corrected chi connectivity index (χ0v) is 19.1. The molecule has 3 aromatic heterocycles. The van der Waals surface area contributed by atoms with E-state index in [1.165, 1.54) is 6.26 Å². The van der Waals surface area contributed by atoms with E-state index in [9.17, 15) is 14.7 Å². The number of aliphatic hydroxyl groups excluding tert-OH is 1. The van der Waals surface area contributed by atoms with Gasteiger partial charge in [0.1, 0.15) is 17.5 Å². The van der Waals surface area contributed by atoms with E-state index in [-0.39, 0.29) is 18.4 Å². The minimum Gasteiger partial charge on any atom is -0.392 e. The standard InChI is InChI=1S/C26H23N5O4/c1-17-22(15-35-28-17)24(33)30-9-10-31-25(34)23-11-20(19-3-2-8-27-12-19)13-29(23)16-26(30,31)21-6-4-18(14-32)5-7-21/h2-8,11-13,15,32H,9-10,14,16H2,1H3. The number of carbonyl (C=O) groups is 2. The first-order valence-electron chi connectivity index (χ1n) is 11.4. The second-order valence-electron chi connectivity index (χ2n) is 8.88. The van der Waals surface area contributed by atoms with Gasteiger partial charge >= 0.3 is 0 Å². The summed E-state index contributed by atoms with van der Waals surface area (Å²) in [5.74, 6) is -0.386. The highest BCUT2D eigenvalue weighted by molar-refractivity contribution is 5.99. The molecule has 1 aromatic carbocycles. The van der Waals surface area contributed by atoms with Crippen LogP contribution in [0, 0.1) is 6.92 Å². The first-order chi connectivity index (χ1) is 17.0. The Morgan fingerprint density at radius 3 is 2.69 bits per heavy atom. The minimum atomic E-state index is -1.04. The van der Waals surface area contributed by atoms with Gasteiger partial charge in [0.15, 0.2) is 5.66 Å². The predicted molar refractivity (Wildman–Crippen MR) is 125 cm³/mol. The van der Waals surface area contributed by atoms with Crippen LogP contribution in [0.4, 0.5) is 0 Å². The number of aliphatic hydroxyl groups is 1. The van der Waals surface area contributed by atoms with Crippen molar-refractivity contribution >= 4 is 11.8 Å². The van der Waals surface area contributed by atoms with E-state index in [1.807, 2.05) is 53.2 Å². The first-order valence-corrected chi connectivity index (χ1v) is 11.4. The van der Waals surface area contributed by atoms with Gasteiger partial charge in [-0.05, 0) is 30.2 Å². The highest BCUT2D eigenvalue weighted by atomic mass is 16.5. The Kier molecular flexibility index (Phi) is 4.82. The lowest BCUT2D eigenvalue weighted by Crippen LogP contribution is -2.60. The average Bonchev–Trinajstić information content (AvgIpc) is 3.62. The lowest BCUT2D eigenvalue weighted by molar-refractivity contribution is -0.00598. The van der Waals surface area contributed by atoms with Gasteiger partial charge < -0.3 is 24.0 Å². The molecule has 0 bridgehead atoms. The summed E-state index contributed by atoms with van der Waals surface area (Å²) in [6.45, 7) is 2.77. The van der Waals surface area contributed by atoms with Crippen LogP contribution in [0.25, 0.3) is 11.1 Å². The summed E-state index contributed by atoms with van der Waals surface area (Å²) in [6.07, 6.45) is 6.77. The molecule has 5 heterocycles. The van der Waals surface area contributed by atoms with Crippen molar-refractivity contribution in [3.63, 3.8) is 0 Å². The molecule has 2 amide bonds. The van der Waals surface area contributed by atoms with Crippen LogP contribution in [0.15, 0.2) is 71.8 Å². The summed E-state index contributed by atoms with van der Waals surface area (Å²) in [5.41, 5.74) is 3.77. The number of pyridine rings is 1. The molecule has 0 saturated carbocycles. The Morgan fingerprint density at radius 1 is 1.17 bits per heavy atom. The largest absolute Gasteiger partial charge is 0.392 e. The lowest BCUT2D eigenvalue weighted by Gasteiger charge is -2.47. The predicted octanol–water partition coefficient (Wildman–Crippen LogP) is 2.80. The fraction of sp³-hybridized carbons (Fsp3) is 0.231. The molecule has 2 aliphatic heterocycles. The third kappa shape index (κ3) is 3.12. The number of amides is 2. The Labute approximate surface area is 201 Å². The van der Waals surface area contributed by atoms with Crippen molar-refractivity contribution in [3.8, 4) is 11.1 Å². The van der Waals surface area contributed by atoms with E-state index in [1.54, 1.807) is 29.1 Å². The summed E-state index contributed by atoms with van der Waals surface area (Å²) in [4.78, 5) is 35.3. The quantitative estimate of drug-likeness (QED) is 0.493. The number of hydrogen-bond donors (Lipinski definition) is 1. The van der Waals surface area contributed by atoms with E-state index in [0.29, 0.717) is 36.6 Å². The van der Waals surface area contributed by atoms with Crippen molar-refractivity contribution in [1.29, 1.82) is 0 Å². The minimum absolute atomic E-state index is 0.0886. The molecule has 1 fully saturated rings. The van der Waals surface area contributed by atoms with E-state index in [2.05, 4.69) is 10.1 Å². The Bertz CT molecular complexity index is 1430. The SMILES string of the molecule is Cc1nocc1C(=O)N1CCN2C(=O)c3cc(-c4cccnc4)cn3CC12c1ccc(CO)cc1. The first kappa shape index (κ1) is 21.3. The maximum atomic E-state index is 13.8. The van der Waals surface area contributed by atoms with Gasteiger partial charge in [0, 0.05) is 42.8 Å². The van der Waals surface area contributed by atoms with Crippen LogP contribution in [0.3, 0.4) is 0 Å². The van der Waals surface area contributed by atoms with Gasteiger partial charge in [0.05, 0.1) is 18.8 Å². The highest BCUT2D eigenvalue weighted by Crippen LogP contribution is 2.44. The number of aryl methyl sites for hydroxylation is 1. The monoisotopic (exact) mass is 469 g/mol. The van der Waals surface area contributed by atoms with Gasteiger partial charge in [-0.15, -0.1) is 0 Å². The molecule has 1 N–H and O–H groups in total. The van der Waals surface area contributed by atoms with Gasteiger partial charge in [-0.3, -0.25) is 14.6 Å². The van der Waals surface area contributed by atoms with Crippen LogP contribution in [-0.2, 0) is 18.8 Å². The summed E-state index contributed by atoms with van der Waals surface area (Å²) in [7, 11) is 0. The smallest absolute Gasteiger partial charge is 0.272 e. The molecule has 9 heteroatoms. The second-order valence-corrected chi connectivity index (χ2v) is 8.88. The molecular formula is C26H23N5O4. The molecular weight excluding hydrogens is 446 g/mol. The number of aromatic nitrogens is 3. The van der Waals surface area contributed by atoms with E-state index in [0.717, 1.165) is 22.3 Å². The molecule has 0 spiro atoms. The van der Waals surface area contributed by atoms with Crippen LogP contribution >= 0.6 is 0 Å². The summed E-state index contributed by atoms with van der Waals surface area (Å²) < 4.78 is 6.97. The van der Waals surface area contributed by atoms with Crippen LogP contribution in [-0.4, -0.2) is 54.5 Å². The topological polar surface area (TPSA) is 105 Å². The van der Waals surface area contributed by atoms with Gasteiger partial charge in [-0.1, -0.05) is 35.5 Å². The third-order valence-electron chi connectivity index (χ3n) is 7.01. The lowest BCUT2D eigenvalue weighted by atomic mass is 9.93. The summed E-state index contributed by atoms with van der Waals surface area (Å²) in [6, 6.07) is 13.1. The molecule has 0 aliphatic carbocycles. The van der Waals surface area contributed by atoms with Crippen LogP contribution in [0.2, 0.25) is 0 Å². The molecule has 1 atom stereocenters. The normalized spacial score (nSPS) is 19.1. The summed E-state index contributed by atoms with van der Waals surface area (Å²) >= 11 is 0. The Balaban J connectivity index is 1.51. The molecule has 1 unspecified atom stereocenters. The number of rotatable bonds is 4. The van der Waals surface area contributed by atoms with Crippen molar-refractivity contribution in [2.24, 2.45) is 0 Å². The molecule has 9 nitrogen and oxygen atoms in total. The van der Waals surface area contributed by atoms with Crippen molar-refractivity contribution in [2.75, 3.05) is 13.1 Å². The fourth-order valence-corrected chi connectivity index (χ4v) is 5.24. The number of nitrogens with zero attached hydrogens (tertiary/aromatic N) is 5. The number of fused-ring (bicyclic) bond motifs is 2. The molecule has 0 radical (unpaired) electrons. The van der Waals surface area contributed by atoms with Crippen molar-refractivity contribution in [2.45, 2.75) is 25.7 Å². The molecule has 2 aliphatic rings. The third-order valence-corrected chi connectivity index (χ3v) is 7.01. The Hall–Kier alpha value is -4.24. The molecule has 6 rings (SSSR count). The van der Waals surface area contributed by atoms with E-state index < -0.39 is 5.66 Å². The van der Waals surface area contributed by atoms with E-state index in [4.69, 9.17) is 4.52 Å². The average molecular weight is 470 g/mol. The molecule has 176 valence electrons. The maximum absolute atomic E-state index is 13.8. The number of benzene rings is 1. The van der Waals surface area contributed by atoms with Gasteiger partial charge in [0.2, 0.25) is 0 Å². The molecule has 1 saturated heterocycles. The number of hydrogen-bond acceptors (Lipinski definition) is 6. The molecule has 4 aromatic rings. The number of carbonyl (C=O) groups excluding carboxylic acids is 2. The maximum Gasteiger partial charge on any atom is 0.272 e. The van der Waals surface area contributed by atoms with Crippen LogP contribution < -0.4 is 0 Å². The zero-order chi connectivity index (χ0) is 24.2. The highest BCUT2D eigenvalue weighted by Gasteiger charge is 2.56. The van der Waals surface area contributed by atoms with Gasteiger partial charge in [0.25, 0.3) is 11.8 Å². The van der Waals surface area contributed by atoms with Crippen LogP contribution in [0.5, 0.6) is 0 Å². The van der Waals surface area contributed by atoms with Gasteiger partial charge in [-0.2, -0.15) is 0 Å². The van der Waals surface area contributed by atoms with Gasteiger partial charge in [-0.25, -0.2) is 0 Å². The molecule has 35 heavy (non-hydrogen) atoms. The van der Waals surface area contributed by atoms with E-state index >= 15 is 0 Å². The Morgan fingerprint density at radius 2 is 2.00 bits per heavy atom. The van der Waals surface area contributed by atoms with Crippen molar-refractivity contribution in [3.05, 3.63) is 95.4 Å². The fourth-order valence-electron chi connectivity index (χ4n) is 5.24. The zero-order valence-electron chi connectivity index (χ0n) is 19.1. The summed E-state index contributed by atoms with van der Waals surface area (Å²) in [5, 5.41) is 13.4. The van der Waals surface area contributed by atoms with Crippen LogP contribution in [0.1, 0.15) is 37.7 Å². The second kappa shape index (κ2) is 7.92.